The van der Waals surface area contributed by atoms with Crippen LogP contribution in [0.3, 0.4) is 0 Å². The topological polar surface area (TPSA) is 211 Å². The summed E-state index contributed by atoms with van der Waals surface area (Å²) in [7, 11) is -1.12. The number of sulfonamides is 1. The van der Waals surface area contributed by atoms with Crippen LogP contribution in [0.1, 0.15) is 60.3 Å². The molecule has 4 N–H and O–H groups in total. The summed E-state index contributed by atoms with van der Waals surface area (Å²) in [4.78, 5) is 73.5. The highest BCUT2D eigenvalue weighted by Gasteiger charge is 2.62. The first-order valence-corrected chi connectivity index (χ1v) is 20.2. The number of aromatic nitrogens is 1. The van der Waals surface area contributed by atoms with Crippen molar-refractivity contribution in [1.82, 2.24) is 30.6 Å². The molecule has 0 bridgehead atoms. The monoisotopic (exact) mass is 870 g/mol. The number of halogens is 1. The third-order valence-electron chi connectivity index (χ3n) is 9.68. The molecule has 0 radical (unpaired) electrons. The number of nitrogens with zero attached hydrogens (tertiary/aromatic N) is 2. The molecular formula is C35H47IN6O10S. The van der Waals surface area contributed by atoms with Crippen LogP contribution in [0.15, 0.2) is 30.5 Å². The number of amides is 5. The van der Waals surface area contributed by atoms with Gasteiger partial charge in [0, 0.05) is 21.9 Å². The molecule has 1 aliphatic heterocycles. The van der Waals surface area contributed by atoms with Crippen molar-refractivity contribution in [3.8, 4) is 11.6 Å². The first-order chi connectivity index (χ1) is 24.8. The molecule has 18 heteroatoms. The van der Waals surface area contributed by atoms with Gasteiger partial charge in [-0.1, -0.05) is 57.2 Å². The summed E-state index contributed by atoms with van der Waals surface area (Å²) in [5.41, 5.74) is -2.38. The van der Waals surface area contributed by atoms with E-state index in [0.29, 0.717) is 24.0 Å². The lowest BCUT2D eigenvalue weighted by molar-refractivity contribution is -0.144. The second kappa shape index (κ2) is 15.4. The number of carbonyl (C=O) groups is 5. The number of urea groups is 1. The van der Waals surface area contributed by atoms with Gasteiger partial charge in [0.1, 0.15) is 35.5 Å². The van der Waals surface area contributed by atoms with Gasteiger partial charge in [0.15, 0.2) is 0 Å². The highest BCUT2D eigenvalue weighted by Crippen LogP contribution is 2.44. The Balaban J connectivity index is 1.43. The summed E-state index contributed by atoms with van der Waals surface area (Å²) < 4.78 is 43.6. The van der Waals surface area contributed by atoms with Crippen molar-refractivity contribution in [3.05, 3.63) is 30.5 Å². The van der Waals surface area contributed by atoms with E-state index >= 15 is 0 Å². The SMILES string of the molecule is COC(=O)[C@@H](NC(=O)NC(C(=O)N1C[C@H](Oc2nccc3cc(OC)ccc23)C[C@H]1C(=O)N[C@]1(C(=O)NS(=O)(=O)C2CC2)C[C@H]1I)C(C)(C)C)C(C)C. The van der Waals surface area contributed by atoms with Crippen molar-refractivity contribution in [1.29, 1.82) is 0 Å². The number of ether oxygens (including phenoxy) is 3. The number of pyridine rings is 1. The van der Waals surface area contributed by atoms with E-state index in [0.717, 1.165) is 5.39 Å². The van der Waals surface area contributed by atoms with E-state index in [9.17, 15) is 32.4 Å². The highest BCUT2D eigenvalue weighted by atomic mass is 127. The van der Waals surface area contributed by atoms with Crippen LogP contribution in [0.4, 0.5) is 4.79 Å². The minimum Gasteiger partial charge on any atom is -0.497 e. The molecule has 5 rings (SSSR count). The van der Waals surface area contributed by atoms with Crippen molar-refractivity contribution in [2.45, 2.75) is 99.2 Å². The fourth-order valence-corrected chi connectivity index (χ4v) is 8.76. The maximum absolute atomic E-state index is 14.5. The fourth-order valence-electron chi connectivity index (χ4n) is 6.27. The molecule has 0 spiro atoms. The minimum absolute atomic E-state index is 0.00337. The number of carbonyl (C=O) groups excluding carboxylic acids is 5. The normalized spacial score (nSPS) is 23.8. The predicted octanol–water partition coefficient (Wildman–Crippen LogP) is 2.17. The molecule has 290 valence electrons. The molecule has 1 aromatic carbocycles. The van der Waals surface area contributed by atoms with Crippen LogP contribution >= 0.6 is 22.6 Å². The number of benzene rings is 1. The number of hydrogen-bond acceptors (Lipinski definition) is 11. The minimum atomic E-state index is -3.89. The number of hydrogen-bond donors (Lipinski definition) is 4. The molecule has 3 fully saturated rings. The maximum atomic E-state index is 14.5. The van der Waals surface area contributed by atoms with E-state index in [1.165, 1.54) is 12.0 Å². The van der Waals surface area contributed by atoms with Crippen LogP contribution in [0, 0.1) is 11.3 Å². The van der Waals surface area contributed by atoms with E-state index in [-0.39, 0.29) is 31.2 Å². The molecule has 1 unspecified atom stereocenters. The summed E-state index contributed by atoms with van der Waals surface area (Å²) in [5.74, 6) is -2.18. The summed E-state index contributed by atoms with van der Waals surface area (Å²) in [6, 6.07) is 3.03. The van der Waals surface area contributed by atoms with Gasteiger partial charge in [-0.05, 0) is 60.2 Å². The van der Waals surface area contributed by atoms with Gasteiger partial charge in [0.25, 0.3) is 5.91 Å². The third-order valence-corrected chi connectivity index (χ3v) is 13.0. The number of fused-ring (bicyclic) bond motifs is 1. The van der Waals surface area contributed by atoms with Crippen molar-refractivity contribution in [2.24, 2.45) is 11.3 Å². The molecule has 2 aromatic rings. The van der Waals surface area contributed by atoms with Gasteiger partial charge in [0.2, 0.25) is 27.7 Å². The molecule has 2 heterocycles. The Morgan fingerprint density at radius 1 is 1.06 bits per heavy atom. The number of alkyl halides is 1. The molecule has 5 amide bonds. The number of methoxy groups -OCH3 is 2. The van der Waals surface area contributed by atoms with Gasteiger partial charge < -0.3 is 35.1 Å². The molecule has 2 saturated carbocycles. The van der Waals surface area contributed by atoms with Crippen molar-refractivity contribution in [2.75, 3.05) is 20.8 Å². The zero-order valence-electron chi connectivity index (χ0n) is 30.7. The Hall–Kier alpha value is -3.94. The fraction of sp³-hybridized carbons (Fsp3) is 0.600. The zero-order valence-corrected chi connectivity index (χ0v) is 33.7. The van der Waals surface area contributed by atoms with Crippen LogP contribution in [-0.4, -0.2) is 108 Å². The second-order valence-electron chi connectivity index (χ2n) is 15.2. The van der Waals surface area contributed by atoms with E-state index in [2.05, 4.69) is 25.7 Å². The van der Waals surface area contributed by atoms with Gasteiger partial charge in [-0.2, -0.15) is 0 Å². The molecule has 53 heavy (non-hydrogen) atoms. The average molecular weight is 871 g/mol. The van der Waals surface area contributed by atoms with Crippen LogP contribution < -0.4 is 30.1 Å². The van der Waals surface area contributed by atoms with E-state index in [1.54, 1.807) is 66.1 Å². The zero-order chi connectivity index (χ0) is 39.0. The van der Waals surface area contributed by atoms with E-state index in [4.69, 9.17) is 14.2 Å². The van der Waals surface area contributed by atoms with Crippen molar-refractivity contribution >= 4 is 73.1 Å². The maximum Gasteiger partial charge on any atom is 0.328 e. The number of esters is 1. The quantitative estimate of drug-likeness (QED) is 0.130. The van der Waals surface area contributed by atoms with Gasteiger partial charge in [-0.3, -0.25) is 19.1 Å². The van der Waals surface area contributed by atoms with Gasteiger partial charge in [-0.15, -0.1) is 0 Å². The number of nitrogens with one attached hydrogen (secondary N) is 4. The summed E-state index contributed by atoms with van der Waals surface area (Å²) in [5, 5.41) is 8.90. The number of rotatable bonds is 13. The molecule has 3 aliphatic rings. The summed E-state index contributed by atoms with van der Waals surface area (Å²) >= 11 is 1.99. The van der Waals surface area contributed by atoms with Crippen LogP contribution in [-0.2, 0) is 33.9 Å². The Morgan fingerprint density at radius 3 is 2.30 bits per heavy atom. The van der Waals surface area contributed by atoms with Gasteiger partial charge >= 0.3 is 12.0 Å². The predicted molar refractivity (Wildman–Crippen MR) is 202 cm³/mol. The lowest BCUT2D eigenvalue weighted by Gasteiger charge is -2.36. The Labute approximate surface area is 322 Å². The lowest BCUT2D eigenvalue weighted by atomic mass is 9.85. The molecule has 6 atom stereocenters. The highest BCUT2D eigenvalue weighted by molar-refractivity contribution is 14.1. The molecule has 1 aromatic heterocycles. The Bertz CT molecular complexity index is 1880. The molecule has 16 nitrogen and oxygen atoms in total. The van der Waals surface area contributed by atoms with E-state index in [1.807, 2.05) is 28.7 Å². The molecular weight excluding hydrogens is 823 g/mol. The smallest absolute Gasteiger partial charge is 0.328 e. The van der Waals surface area contributed by atoms with E-state index < -0.39 is 84.1 Å². The lowest BCUT2D eigenvalue weighted by Crippen LogP contribution is -2.62. The van der Waals surface area contributed by atoms with Crippen LogP contribution in [0.2, 0.25) is 0 Å². The second-order valence-corrected chi connectivity index (χ2v) is 18.6. The van der Waals surface area contributed by atoms with Crippen LogP contribution in [0.5, 0.6) is 11.6 Å². The first kappa shape index (κ1) is 40.2. The number of likely N-dealkylation sites (tertiary alicyclic amines) is 1. The van der Waals surface area contributed by atoms with Gasteiger partial charge in [-0.25, -0.2) is 23.0 Å². The van der Waals surface area contributed by atoms with Crippen molar-refractivity contribution < 1.29 is 46.6 Å². The largest absolute Gasteiger partial charge is 0.497 e. The average Bonchev–Trinajstić information content (AvgIpc) is 4.01. The Kier molecular flexibility index (Phi) is 11.7. The first-order valence-electron chi connectivity index (χ1n) is 17.4. The summed E-state index contributed by atoms with van der Waals surface area (Å²) in [6.07, 6.45) is 1.93. The molecule has 1 saturated heterocycles. The van der Waals surface area contributed by atoms with Gasteiger partial charge in [0.05, 0.1) is 26.0 Å². The van der Waals surface area contributed by atoms with Crippen molar-refractivity contribution in [3.63, 3.8) is 0 Å². The summed E-state index contributed by atoms with van der Waals surface area (Å²) in [6.45, 7) is 8.62. The third kappa shape index (κ3) is 8.90. The standard InChI is InChI=1S/C35H47IN6O10S/c1-18(2)26(31(45)51-7)38-33(47)39-27(34(3,4)5)30(44)42-17-21(52-29-23-11-8-20(50-6)14-19(23)12-13-37-29)15-24(42)28(43)40-35(16-25(35)36)32(46)41-53(48,49)22-9-10-22/h8,11-14,18,21-22,24-27H,9-10,15-17H2,1-7H3,(H,40,43)(H,41,46)(H2,38,39,47)/t21-,24+,25-,26+,27?,35-/m1/s1. The Morgan fingerprint density at radius 2 is 1.74 bits per heavy atom. The van der Waals surface area contributed by atoms with Crippen LogP contribution in [0.25, 0.3) is 10.8 Å². The molecule has 2 aliphatic carbocycles.